The van der Waals surface area contributed by atoms with Gasteiger partial charge in [-0.25, -0.2) is 0 Å². The van der Waals surface area contributed by atoms with E-state index >= 15 is 0 Å². The van der Waals surface area contributed by atoms with E-state index in [4.69, 9.17) is 5.73 Å². The summed E-state index contributed by atoms with van der Waals surface area (Å²) in [6.07, 6.45) is 0. The second kappa shape index (κ2) is 6.48. The van der Waals surface area contributed by atoms with Crippen LogP contribution in [0.1, 0.15) is 12.5 Å². The Morgan fingerprint density at radius 2 is 1.85 bits per heavy atom. The number of para-hydroxylation sites is 2. The first-order chi connectivity index (χ1) is 9.58. The molecule has 2 aromatic carbocycles. The van der Waals surface area contributed by atoms with E-state index in [0.717, 1.165) is 21.8 Å². The van der Waals surface area contributed by atoms with Gasteiger partial charge in [0, 0.05) is 16.3 Å². The number of benzene rings is 2. The molecule has 2 aromatic rings. The number of thioether (sulfide) groups is 1. The number of nitrogen functional groups attached to an aromatic ring is 1. The Bertz CT molecular complexity index is 599. The second-order valence-electron chi connectivity index (χ2n) is 4.60. The molecule has 3 N–H and O–H groups in total. The molecular weight excluding hydrogens is 268 g/mol. The predicted molar refractivity (Wildman–Crippen MR) is 86.0 cm³/mol. The van der Waals surface area contributed by atoms with Gasteiger partial charge in [0.1, 0.15) is 0 Å². The molecule has 0 spiro atoms. The van der Waals surface area contributed by atoms with Crippen molar-refractivity contribution in [2.75, 3.05) is 11.1 Å². The molecule has 20 heavy (non-hydrogen) atoms. The predicted octanol–water partition coefficient (Wildman–Crippen LogP) is 3.70. The molecule has 2 rings (SSSR count). The molecule has 0 radical (unpaired) electrons. The molecule has 0 aliphatic carbocycles. The maximum absolute atomic E-state index is 12.1. The van der Waals surface area contributed by atoms with Gasteiger partial charge in [0.25, 0.3) is 0 Å². The number of hydrogen-bond donors (Lipinski definition) is 2. The highest BCUT2D eigenvalue weighted by Gasteiger charge is 2.16. The Kier molecular flexibility index (Phi) is 4.69. The van der Waals surface area contributed by atoms with Gasteiger partial charge in [0.05, 0.1) is 5.25 Å². The van der Waals surface area contributed by atoms with Crippen LogP contribution in [-0.2, 0) is 4.79 Å². The monoisotopic (exact) mass is 286 g/mol. The fraction of sp³-hybridized carbons (Fsp3) is 0.188. The first-order valence-corrected chi connectivity index (χ1v) is 7.33. The third kappa shape index (κ3) is 3.54. The van der Waals surface area contributed by atoms with Crippen LogP contribution in [0.2, 0.25) is 0 Å². The highest BCUT2D eigenvalue weighted by Crippen LogP contribution is 2.31. The number of nitrogens with one attached hydrogen (secondary N) is 1. The Hall–Kier alpha value is -1.94. The molecule has 0 aliphatic rings. The maximum Gasteiger partial charge on any atom is 0.237 e. The van der Waals surface area contributed by atoms with Crippen molar-refractivity contribution in [1.82, 2.24) is 0 Å². The summed E-state index contributed by atoms with van der Waals surface area (Å²) in [5.74, 6) is -0.0258. The number of carbonyl (C=O) groups is 1. The molecule has 0 bridgehead atoms. The van der Waals surface area contributed by atoms with Crippen LogP contribution in [0.15, 0.2) is 53.4 Å². The summed E-state index contributed by atoms with van der Waals surface area (Å²) in [6, 6.07) is 15.3. The minimum Gasteiger partial charge on any atom is -0.398 e. The van der Waals surface area contributed by atoms with Gasteiger partial charge >= 0.3 is 0 Å². The van der Waals surface area contributed by atoms with E-state index in [2.05, 4.69) is 5.32 Å². The standard InChI is InChI=1S/C16H18N2OS/c1-11-7-6-10-14(15(11)17)20-12(2)16(19)18-13-8-4-3-5-9-13/h3-10,12H,17H2,1-2H3,(H,18,19). The maximum atomic E-state index is 12.1. The summed E-state index contributed by atoms with van der Waals surface area (Å²) in [6.45, 7) is 3.85. The lowest BCUT2D eigenvalue weighted by molar-refractivity contribution is -0.115. The lowest BCUT2D eigenvalue weighted by Crippen LogP contribution is -2.22. The van der Waals surface area contributed by atoms with Crippen molar-refractivity contribution in [2.24, 2.45) is 0 Å². The summed E-state index contributed by atoms with van der Waals surface area (Å²) in [5.41, 5.74) is 8.62. The second-order valence-corrected chi connectivity index (χ2v) is 5.98. The SMILES string of the molecule is Cc1cccc(SC(C)C(=O)Nc2ccccc2)c1N. The van der Waals surface area contributed by atoms with Crippen LogP contribution in [0.25, 0.3) is 0 Å². The van der Waals surface area contributed by atoms with Crippen molar-refractivity contribution in [3.63, 3.8) is 0 Å². The molecule has 0 heterocycles. The van der Waals surface area contributed by atoms with Crippen LogP contribution >= 0.6 is 11.8 Å². The van der Waals surface area contributed by atoms with Gasteiger partial charge in [0.15, 0.2) is 0 Å². The van der Waals surface area contributed by atoms with Crippen LogP contribution in [-0.4, -0.2) is 11.2 Å². The highest BCUT2D eigenvalue weighted by atomic mass is 32.2. The largest absolute Gasteiger partial charge is 0.398 e. The Balaban J connectivity index is 2.03. The molecule has 0 saturated carbocycles. The number of hydrogen-bond acceptors (Lipinski definition) is 3. The van der Waals surface area contributed by atoms with Crippen molar-refractivity contribution in [3.05, 3.63) is 54.1 Å². The topological polar surface area (TPSA) is 55.1 Å². The smallest absolute Gasteiger partial charge is 0.237 e. The molecule has 0 aromatic heterocycles. The average Bonchev–Trinajstić information content (AvgIpc) is 2.45. The summed E-state index contributed by atoms with van der Waals surface area (Å²) < 4.78 is 0. The van der Waals surface area contributed by atoms with Crippen LogP contribution in [0.4, 0.5) is 11.4 Å². The summed E-state index contributed by atoms with van der Waals surface area (Å²) >= 11 is 1.47. The number of aryl methyl sites for hydroxylation is 1. The molecule has 0 fully saturated rings. The lowest BCUT2D eigenvalue weighted by atomic mass is 10.2. The third-order valence-corrected chi connectivity index (χ3v) is 4.18. The van der Waals surface area contributed by atoms with E-state index < -0.39 is 0 Å². The van der Waals surface area contributed by atoms with Gasteiger partial charge in [-0.3, -0.25) is 4.79 Å². The fourth-order valence-electron chi connectivity index (χ4n) is 1.77. The van der Waals surface area contributed by atoms with Gasteiger partial charge < -0.3 is 11.1 Å². The van der Waals surface area contributed by atoms with Crippen LogP contribution in [0.3, 0.4) is 0 Å². The zero-order chi connectivity index (χ0) is 14.5. The highest BCUT2D eigenvalue weighted by molar-refractivity contribution is 8.00. The number of amides is 1. The first kappa shape index (κ1) is 14.5. The summed E-state index contributed by atoms with van der Waals surface area (Å²) in [4.78, 5) is 13.1. The number of carbonyl (C=O) groups excluding carboxylic acids is 1. The van der Waals surface area contributed by atoms with Gasteiger partial charge in [-0.15, -0.1) is 11.8 Å². The molecule has 1 amide bonds. The van der Waals surface area contributed by atoms with Crippen LogP contribution in [0.5, 0.6) is 0 Å². The Labute approximate surface area is 123 Å². The molecule has 4 heteroatoms. The van der Waals surface area contributed by atoms with Gasteiger partial charge in [-0.2, -0.15) is 0 Å². The molecular formula is C16H18N2OS. The molecule has 104 valence electrons. The van der Waals surface area contributed by atoms with Crippen LogP contribution in [0, 0.1) is 6.92 Å². The Morgan fingerprint density at radius 3 is 2.55 bits per heavy atom. The van der Waals surface area contributed by atoms with Gasteiger partial charge in [0.2, 0.25) is 5.91 Å². The van der Waals surface area contributed by atoms with Crippen molar-refractivity contribution >= 4 is 29.0 Å². The molecule has 1 atom stereocenters. The van der Waals surface area contributed by atoms with E-state index in [1.54, 1.807) is 0 Å². The summed E-state index contributed by atoms with van der Waals surface area (Å²) in [7, 11) is 0. The fourth-order valence-corrected chi connectivity index (χ4v) is 2.76. The van der Waals surface area contributed by atoms with Gasteiger partial charge in [-0.1, -0.05) is 30.3 Å². The molecule has 1 unspecified atom stereocenters. The van der Waals surface area contributed by atoms with Gasteiger partial charge in [-0.05, 0) is 37.6 Å². The van der Waals surface area contributed by atoms with E-state index in [-0.39, 0.29) is 11.2 Å². The molecule has 3 nitrogen and oxygen atoms in total. The molecule has 0 aliphatic heterocycles. The minimum atomic E-state index is -0.209. The van der Waals surface area contributed by atoms with E-state index in [1.807, 2.05) is 62.4 Å². The zero-order valence-electron chi connectivity index (χ0n) is 11.6. The lowest BCUT2D eigenvalue weighted by Gasteiger charge is -2.14. The van der Waals surface area contributed by atoms with Crippen LogP contribution < -0.4 is 11.1 Å². The van der Waals surface area contributed by atoms with Crippen molar-refractivity contribution < 1.29 is 4.79 Å². The minimum absolute atomic E-state index is 0.0258. The first-order valence-electron chi connectivity index (χ1n) is 6.45. The van der Waals surface area contributed by atoms with Crippen molar-refractivity contribution in [1.29, 1.82) is 0 Å². The average molecular weight is 286 g/mol. The normalized spacial score (nSPS) is 11.9. The van der Waals surface area contributed by atoms with E-state index in [9.17, 15) is 4.79 Å². The quantitative estimate of drug-likeness (QED) is 0.665. The summed E-state index contributed by atoms with van der Waals surface area (Å²) in [5, 5.41) is 2.69. The Morgan fingerprint density at radius 1 is 1.15 bits per heavy atom. The molecule has 0 saturated heterocycles. The number of nitrogens with two attached hydrogens (primary N) is 1. The third-order valence-electron chi connectivity index (χ3n) is 3.00. The van der Waals surface area contributed by atoms with E-state index in [0.29, 0.717) is 0 Å². The zero-order valence-corrected chi connectivity index (χ0v) is 12.4. The van der Waals surface area contributed by atoms with Crippen molar-refractivity contribution in [2.45, 2.75) is 24.0 Å². The number of anilines is 2. The van der Waals surface area contributed by atoms with Crippen molar-refractivity contribution in [3.8, 4) is 0 Å². The van der Waals surface area contributed by atoms with E-state index in [1.165, 1.54) is 11.8 Å². The number of rotatable bonds is 4.